The number of carboxylic acid groups (broad SMARTS) is 1. The van der Waals surface area contributed by atoms with Gasteiger partial charge in [0.15, 0.2) is 5.13 Å². The SMILES string of the molecule is CC(Nc1nc(C(N)C(=O)O)cs1)C(=O)NC(C)(C)C. The highest BCUT2D eigenvalue weighted by Gasteiger charge is 2.21. The first-order chi connectivity index (χ1) is 9.10. The van der Waals surface area contributed by atoms with Gasteiger partial charge in [0.25, 0.3) is 0 Å². The summed E-state index contributed by atoms with van der Waals surface area (Å²) < 4.78 is 0. The number of carboxylic acids is 1. The summed E-state index contributed by atoms with van der Waals surface area (Å²) in [5.74, 6) is -1.29. The maximum atomic E-state index is 11.9. The second-order valence-corrected chi connectivity index (χ2v) is 6.36. The van der Waals surface area contributed by atoms with Gasteiger partial charge in [-0.15, -0.1) is 11.3 Å². The van der Waals surface area contributed by atoms with Crippen molar-refractivity contribution in [1.29, 1.82) is 0 Å². The van der Waals surface area contributed by atoms with Gasteiger partial charge >= 0.3 is 5.97 Å². The van der Waals surface area contributed by atoms with Gasteiger partial charge in [0, 0.05) is 10.9 Å². The molecule has 1 rings (SSSR count). The number of amides is 1. The Kier molecular flexibility index (Phi) is 5.07. The number of thiazole rings is 1. The van der Waals surface area contributed by atoms with Crippen molar-refractivity contribution < 1.29 is 14.7 Å². The molecule has 20 heavy (non-hydrogen) atoms. The fourth-order valence-corrected chi connectivity index (χ4v) is 2.19. The van der Waals surface area contributed by atoms with Crippen molar-refractivity contribution in [2.45, 2.75) is 45.3 Å². The van der Waals surface area contributed by atoms with Gasteiger partial charge in [0.2, 0.25) is 5.91 Å². The van der Waals surface area contributed by atoms with Crippen molar-refractivity contribution in [3.63, 3.8) is 0 Å². The van der Waals surface area contributed by atoms with E-state index in [4.69, 9.17) is 10.8 Å². The summed E-state index contributed by atoms with van der Waals surface area (Å²) >= 11 is 1.21. The highest BCUT2D eigenvalue weighted by atomic mass is 32.1. The molecule has 0 saturated heterocycles. The minimum absolute atomic E-state index is 0.156. The predicted molar refractivity (Wildman–Crippen MR) is 77.7 cm³/mol. The molecule has 112 valence electrons. The van der Waals surface area contributed by atoms with Crippen molar-refractivity contribution in [2.24, 2.45) is 5.73 Å². The second-order valence-electron chi connectivity index (χ2n) is 5.50. The molecule has 0 aliphatic rings. The standard InChI is InChI=1S/C12H20N4O3S/c1-6(9(17)16-12(2,3)4)14-11-15-7(5-20-11)8(13)10(18)19/h5-6,8H,13H2,1-4H3,(H,14,15)(H,16,17)(H,18,19). The normalized spacial score (nSPS) is 14.4. The number of nitrogens with two attached hydrogens (primary N) is 1. The van der Waals surface area contributed by atoms with E-state index in [1.54, 1.807) is 12.3 Å². The fourth-order valence-electron chi connectivity index (χ4n) is 1.35. The average molecular weight is 300 g/mol. The molecule has 0 fully saturated rings. The number of carbonyl (C=O) groups excluding carboxylic acids is 1. The number of carbonyl (C=O) groups is 2. The Balaban J connectivity index is 2.65. The highest BCUT2D eigenvalue weighted by molar-refractivity contribution is 7.13. The lowest BCUT2D eigenvalue weighted by molar-refractivity contribution is -0.138. The molecule has 0 saturated carbocycles. The van der Waals surface area contributed by atoms with Crippen LogP contribution in [0.4, 0.5) is 5.13 Å². The van der Waals surface area contributed by atoms with Gasteiger partial charge in [0.05, 0.1) is 5.69 Å². The fraction of sp³-hybridized carbons (Fsp3) is 0.583. The number of hydrogen-bond donors (Lipinski definition) is 4. The van der Waals surface area contributed by atoms with Crippen LogP contribution in [0.3, 0.4) is 0 Å². The van der Waals surface area contributed by atoms with E-state index in [0.717, 1.165) is 0 Å². The molecule has 0 aliphatic heterocycles. The molecule has 5 N–H and O–H groups in total. The van der Waals surface area contributed by atoms with E-state index in [-0.39, 0.29) is 17.1 Å². The number of nitrogens with one attached hydrogen (secondary N) is 2. The Hall–Kier alpha value is -1.67. The number of anilines is 1. The van der Waals surface area contributed by atoms with Crippen molar-refractivity contribution in [2.75, 3.05) is 5.32 Å². The summed E-state index contributed by atoms with van der Waals surface area (Å²) in [6.45, 7) is 7.39. The molecule has 8 heteroatoms. The molecular weight excluding hydrogens is 280 g/mol. The zero-order valence-corrected chi connectivity index (χ0v) is 12.7. The number of rotatable bonds is 5. The molecule has 1 amide bonds. The van der Waals surface area contributed by atoms with Gasteiger partial charge in [-0.3, -0.25) is 9.59 Å². The molecule has 0 aliphatic carbocycles. The first-order valence-corrected chi connectivity index (χ1v) is 7.00. The molecule has 2 atom stereocenters. The maximum absolute atomic E-state index is 11.9. The Morgan fingerprint density at radius 3 is 2.55 bits per heavy atom. The minimum atomic E-state index is -1.15. The van der Waals surface area contributed by atoms with Crippen LogP contribution in [0.1, 0.15) is 39.4 Å². The van der Waals surface area contributed by atoms with E-state index < -0.39 is 18.1 Å². The minimum Gasteiger partial charge on any atom is -0.480 e. The third kappa shape index (κ3) is 4.78. The van der Waals surface area contributed by atoms with E-state index in [2.05, 4.69) is 15.6 Å². The predicted octanol–water partition coefficient (Wildman–Crippen LogP) is 0.943. The topological polar surface area (TPSA) is 117 Å². The second kappa shape index (κ2) is 6.19. The van der Waals surface area contributed by atoms with Crippen LogP contribution in [0.25, 0.3) is 0 Å². The van der Waals surface area contributed by atoms with Crippen molar-refractivity contribution >= 4 is 28.3 Å². The summed E-state index contributed by atoms with van der Waals surface area (Å²) in [5.41, 5.74) is 5.42. The van der Waals surface area contributed by atoms with Crippen molar-refractivity contribution in [1.82, 2.24) is 10.3 Å². The van der Waals surface area contributed by atoms with E-state index >= 15 is 0 Å². The van der Waals surface area contributed by atoms with E-state index in [0.29, 0.717) is 5.13 Å². The number of aromatic nitrogens is 1. The van der Waals surface area contributed by atoms with Gasteiger partial charge in [-0.2, -0.15) is 0 Å². The molecule has 0 bridgehead atoms. The summed E-state index contributed by atoms with van der Waals surface area (Å²) in [5, 5.41) is 16.6. The third-order valence-electron chi connectivity index (χ3n) is 2.34. The Morgan fingerprint density at radius 1 is 1.45 bits per heavy atom. The van der Waals surface area contributed by atoms with Gasteiger partial charge in [-0.25, -0.2) is 4.98 Å². The first-order valence-electron chi connectivity index (χ1n) is 6.12. The maximum Gasteiger partial charge on any atom is 0.326 e. The zero-order valence-electron chi connectivity index (χ0n) is 11.9. The number of nitrogens with zero attached hydrogens (tertiary/aromatic N) is 1. The van der Waals surface area contributed by atoms with Gasteiger partial charge < -0.3 is 21.5 Å². The first kappa shape index (κ1) is 16.4. The molecule has 7 nitrogen and oxygen atoms in total. The average Bonchev–Trinajstić information content (AvgIpc) is 2.73. The Bertz CT molecular complexity index is 495. The largest absolute Gasteiger partial charge is 0.480 e. The smallest absolute Gasteiger partial charge is 0.326 e. The molecule has 1 aromatic heterocycles. The molecule has 2 unspecified atom stereocenters. The zero-order chi connectivity index (χ0) is 15.5. The molecule has 0 spiro atoms. The molecule has 0 radical (unpaired) electrons. The molecule has 1 heterocycles. The monoisotopic (exact) mass is 300 g/mol. The van der Waals surface area contributed by atoms with Crippen LogP contribution in [0.2, 0.25) is 0 Å². The van der Waals surface area contributed by atoms with E-state index in [1.807, 2.05) is 20.8 Å². The van der Waals surface area contributed by atoms with Gasteiger partial charge in [-0.05, 0) is 27.7 Å². The lowest BCUT2D eigenvalue weighted by atomic mass is 10.1. The van der Waals surface area contributed by atoms with Crippen LogP contribution in [-0.4, -0.2) is 33.5 Å². The van der Waals surface area contributed by atoms with Gasteiger partial charge in [0.1, 0.15) is 12.1 Å². The summed E-state index contributed by atoms with van der Waals surface area (Å²) in [6.07, 6.45) is 0. The Labute approximate surface area is 121 Å². The lowest BCUT2D eigenvalue weighted by Gasteiger charge is -2.23. The molecular formula is C12H20N4O3S. The van der Waals surface area contributed by atoms with Crippen LogP contribution in [0.5, 0.6) is 0 Å². The summed E-state index contributed by atoms with van der Waals surface area (Å²) in [7, 11) is 0. The quantitative estimate of drug-likeness (QED) is 0.643. The van der Waals surface area contributed by atoms with E-state index in [1.165, 1.54) is 11.3 Å². The van der Waals surface area contributed by atoms with Crippen LogP contribution in [0.15, 0.2) is 5.38 Å². The van der Waals surface area contributed by atoms with E-state index in [9.17, 15) is 9.59 Å². The van der Waals surface area contributed by atoms with Crippen LogP contribution >= 0.6 is 11.3 Å². The molecule has 0 aromatic carbocycles. The lowest BCUT2D eigenvalue weighted by Crippen LogP contribution is -2.47. The molecule has 1 aromatic rings. The number of aliphatic carboxylic acids is 1. The van der Waals surface area contributed by atoms with Crippen molar-refractivity contribution in [3.05, 3.63) is 11.1 Å². The van der Waals surface area contributed by atoms with Crippen LogP contribution < -0.4 is 16.4 Å². The third-order valence-corrected chi connectivity index (χ3v) is 3.13. The van der Waals surface area contributed by atoms with Gasteiger partial charge in [-0.1, -0.05) is 0 Å². The van der Waals surface area contributed by atoms with Crippen molar-refractivity contribution in [3.8, 4) is 0 Å². The van der Waals surface area contributed by atoms with Crippen LogP contribution in [-0.2, 0) is 9.59 Å². The summed E-state index contributed by atoms with van der Waals surface area (Å²) in [4.78, 5) is 26.7. The summed E-state index contributed by atoms with van der Waals surface area (Å²) in [6, 6.07) is -1.63. The van der Waals surface area contributed by atoms with Crippen LogP contribution in [0, 0.1) is 0 Å². The highest BCUT2D eigenvalue weighted by Crippen LogP contribution is 2.20. The number of hydrogen-bond acceptors (Lipinski definition) is 6. The Morgan fingerprint density at radius 2 is 2.05 bits per heavy atom.